The lowest BCUT2D eigenvalue weighted by atomic mass is 9.92. The van der Waals surface area contributed by atoms with E-state index in [4.69, 9.17) is 0 Å². The minimum absolute atomic E-state index is 0. The molecule has 2 aromatic rings. The number of aldehydes is 1. The number of anilines is 1. The number of carbonyl (C=O) groups excluding carboxylic acids is 1. The fraction of sp³-hybridized carbons (Fsp3) is 0.364. The number of hydrogen-bond donors (Lipinski definition) is 2. The first-order valence-corrected chi connectivity index (χ1v) is 9.59. The van der Waals surface area contributed by atoms with E-state index in [1.807, 2.05) is 0 Å². The van der Waals surface area contributed by atoms with Crippen LogP contribution in [0.15, 0.2) is 48.3 Å². The summed E-state index contributed by atoms with van der Waals surface area (Å²) in [6, 6.07) is 8.17. The van der Waals surface area contributed by atoms with Crippen molar-refractivity contribution < 1.29 is 18.0 Å². The molecular formula is C22H25ClF3N3O. The Labute approximate surface area is 180 Å². The number of fused-ring (bicyclic) bond motifs is 1. The second kappa shape index (κ2) is 10.1. The first-order valence-electron chi connectivity index (χ1n) is 9.59. The van der Waals surface area contributed by atoms with E-state index >= 15 is 0 Å². The first kappa shape index (κ1) is 23.9. The van der Waals surface area contributed by atoms with E-state index in [1.165, 1.54) is 31.2 Å². The van der Waals surface area contributed by atoms with Crippen molar-refractivity contribution in [1.82, 2.24) is 10.3 Å². The van der Waals surface area contributed by atoms with E-state index in [-0.39, 0.29) is 18.1 Å². The molecule has 3 atom stereocenters. The third kappa shape index (κ3) is 5.61. The molecule has 0 amide bonds. The molecule has 2 N–H and O–H groups in total. The molecule has 0 saturated carbocycles. The quantitative estimate of drug-likeness (QED) is 0.613. The SMILES string of the molecule is CC1CCC(C)N1.Cl.O=CC1=Cc2cccc(C(F)(F)F)c2NC1c1cccnc1. The number of benzene rings is 1. The van der Waals surface area contributed by atoms with Gasteiger partial charge in [-0.25, -0.2) is 0 Å². The van der Waals surface area contributed by atoms with Crippen molar-refractivity contribution in [2.45, 2.75) is 51.0 Å². The van der Waals surface area contributed by atoms with Crippen LogP contribution in [0.4, 0.5) is 18.9 Å². The second-order valence-electron chi connectivity index (χ2n) is 7.44. The maximum Gasteiger partial charge on any atom is 0.418 e. The van der Waals surface area contributed by atoms with Gasteiger partial charge in [0.25, 0.3) is 0 Å². The van der Waals surface area contributed by atoms with E-state index in [9.17, 15) is 18.0 Å². The largest absolute Gasteiger partial charge is 0.418 e. The van der Waals surface area contributed by atoms with Crippen LogP contribution in [0.1, 0.15) is 49.4 Å². The van der Waals surface area contributed by atoms with Crippen molar-refractivity contribution in [3.63, 3.8) is 0 Å². The average molecular weight is 440 g/mol. The number of nitrogens with zero attached hydrogens (tertiary/aromatic N) is 1. The van der Waals surface area contributed by atoms with E-state index < -0.39 is 17.8 Å². The number of pyridine rings is 1. The molecule has 0 radical (unpaired) electrons. The van der Waals surface area contributed by atoms with Crippen molar-refractivity contribution in [2.75, 3.05) is 5.32 Å². The molecule has 0 aliphatic carbocycles. The first-order chi connectivity index (χ1) is 13.8. The standard InChI is InChI=1S/C16H11F3N2O.C6H13N.ClH/c17-16(18,19)13-5-1-3-10-7-12(9-22)14(21-15(10)13)11-4-2-6-20-8-11;1-5-3-4-6(2)7-5;/h1-9,14,21H;5-7H,3-4H2,1-2H3;1H. The Morgan fingerprint density at radius 2 is 1.80 bits per heavy atom. The average Bonchev–Trinajstić information content (AvgIpc) is 3.09. The van der Waals surface area contributed by atoms with Crippen LogP contribution in [0.5, 0.6) is 0 Å². The summed E-state index contributed by atoms with van der Waals surface area (Å²) in [7, 11) is 0. The van der Waals surface area contributed by atoms with Crippen LogP contribution >= 0.6 is 12.4 Å². The zero-order valence-electron chi connectivity index (χ0n) is 16.7. The van der Waals surface area contributed by atoms with Crippen LogP contribution in [0.25, 0.3) is 6.08 Å². The van der Waals surface area contributed by atoms with E-state index in [0.29, 0.717) is 23.0 Å². The van der Waals surface area contributed by atoms with Gasteiger partial charge in [-0.15, -0.1) is 12.4 Å². The number of halogens is 4. The lowest BCUT2D eigenvalue weighted by Gasteiger charge is -2.28. The summed E-state index contributed by atoms with van der Waals surface area (Å²) in [5.41, 5.74) is 0.565. The molecule has 1 saturated heterocycles. The zero-order chi connectivity index (χ0) is 21.0. The zero-order valence-corrected chi connectivity index (χ0v) is 17.6. The molecule has 30 heavy (non-hydrogen) atoms. The highest BCUT2D eigenvalue weighted by Gasteiger charge is 2.36. The maximum atomic E-state index is 13.1. The van der Waals surface area contributed by atoms with Crippen molar-refractivity contribution in [3.8, 4) is 0 Å². The molecule has 4 nitrogen and oxygen atoms in total. The lowest BCUT2D eigenvalue weighted by molar-refractivity contribution is -0.137. The minimum Gasteiger partial charge on any atom is -0.373 e. The Balaban J connectivity index is 0.000000341. The van der Waals surface area contributed by atoms with Gasteiger partial charge in [-0.3, -0.25) is 9.78 Å². The van der Waals surface area contributed by atoms with Gasteiger partial charge < -0.3 is 10.6 Å². The molecule has 1 aromatic carbocycles. The molecule has 1 aromatic heterocycles. The summed E-state index contributed by atoms with van der Waals surface area (Å²) in [6.07, 6.45) is 3.47. The Morgan fingerprint density at radius 1 is 1.10 bits per heavy atom. The molecular weight excluding hydrogens is 415 g/mol. The topological polar surface area (TPSA) is 54.0 Å². The molecule has 0 spiro atoms. The highest BCUT2D eigenvalue weighted by molar-refractivity contribution is 5.90. The smallest absolute Gasteiger partial charge is 0.373 e. The Kier molecular flexibility index (Phi) is 8.03. The summed E-state index contributed by atoms with van der Waals surface area (Å²) in [6.45, 7) is 4.48. The number of nitrogens with one attached hydrogen (secondary N) is 2. The number of rotatable bonds is 2. The van der Waals surface area contributed by atoms with Crippen molar-refractivity contribution in [3.05, 3.63) is 65.0 Å². The van der Waals surface area contributed by atoms with Gasteiger partial charge in [0, 0.05) is 30.1 Å². The Hall–Kier alpha value is -2.38. The van der Waals surface area contributed by atoms with E-state index in [0.717, 1.165) is 18.2 Å². The van der Waals surface area contributed by atoms with Crippen molar-refractivity contribution >= 4 is 30.5 Å². The van der Waals surface area contributed by atoms with E-state index in [1.54, 1.807) is 24.4 Å². The summed E-state index contributed by atoms with van der Waals surface area (Å²) >= 11 is 0. The fourth-order valence-electron chi connectivity index (χ4n) is 3.66. The normalized spacial score (nSPS) is 22.4. The molecule has 162 valence electrons. The van der Waals surface area contributed by atoms with Crippen molar-refractivity contribution in [2.24, 2.45) is 0 Å². The van der Waals surface area contributed by atoms with Crippen molar-refractivity contribution in [1.29, 1.82) is 0 Å². The van der Waals surface area contributed by atoms with E-state index in [2.05, 4.69) is 29.5 Å². The van der Waals surface area contributed by atoms with Gasteiger partial charge in [0.05, 0.1) is 17.3 Å². The predicted molar refractivity (Wildman–Crippen MR) is 115 cm³/mol. The molecule has 2 aliphatic rings. The fourth-order valence-corrected chi connectivity index (χ4v) is 3.66. The predicted octanol–water partition coefficient (Wildman–Crippen LogP) is 5.42. The highest BCUT2D eigenvalue weighted by atomic mass is 35.5. The molecule has 2 aliphatic heterocycles. The van der Waals surface area contributed by atoms with Crippen LogP contribution < -0.4 is 10.6 Å². The second-order valence-corrected chi connectivity index (χ2v) is 7.44. The van der Waals surface area contributed by atoms with Crippen LogP contribution in [0.3, 0.4) is 0 Å². The summed E-state index contributed by atoms with van der Waals surface area (Å²) < 4.78 is 39.4. The van der Waals surface area contributed by atoms with Gasteiger partial charge in [0.15, 0.2) is 0 Å². The maximum absolute atomic E-state index is 13.1. The third-order valence-corrected chi connectivity index (χ3v) is 5.10. The van der Waals surface area contributed by atoms with Gasteiger partial charge in [-0.1, -0.05) is 18.2 Å². The molecule has 0 bridgehead atoms. The summed E-state index contributed by atoms with van der Waals surface area (Å²) in [4.78, 5) is 15.2. The summed E-state index contributed by atoms with van der Waals surface area (Å²) in [5, 5.41) is 6.25. The van der Waals surface area contributed by atoms with Gasteiger partial charge in [-0.05, 0) is 56.0 Å². The van der Waals surface area contributed by atoms with Crippen LogP contribution in [-0.2, 0) is 11.0 Å². The molecule has 1 fully saturated rings. The number of alkyl halides is 3. The monoisotopic (exact) mass is 439 g/mol. The van der Waals surface area contributed by atoms with Crippen LogP contribution in [0, 0.1) is 0 Å². The molecule has 3 unspecified atom stereocenters. The Bertz CT molecular complexity index is 879. The third-order valence-electron chi connectivity index (χ3n) is 5.10. The lowest BCUT2D eigenvalue weighted by Crippen LogP contribution is -2.23. The van der Waals surface area contributed by atoms with Gasteiger partial charge in [0.1, 0.15) is 6.29 Å². The van der Waals surface area contributed by atoms with Gasteiger partial charge in [0.2, 0.25) is 0 Å². The molecule has 3 heterocycles. The van der Waals surface area contributed by atoms with Gasteiger partial charge >= 0.3 is 6.18 Å². The Morgan fingerprint density at radius 3 is 2.30 bits per heavy atom. The number of hydrogen-bond acceptors (Lipinski definition) is 4. The number of carbonyl (C=O) groups is 1. The minimum atomic E-state index is -4.47. The molecule has 4 rings (SSSR count). The van der Waals surface area contributed by atoms with Gasteiger partial charge in [-0.2, -0.15) is 13.2 Å². The highest BCUT2D eigenvalue weighted by Crippen LogP contribution is 2.42. The number of aromatic nitrogens is 1. The van der Waals surface area contributed by atoms with Crippen LogP contribution in [0.2, 0.25) is 0 Å². The van der Waals surface area contributed by atoms with Crippen LogP contribution in [-0.4, -0.2) is 23.4 Å². The number of para-hydroxylation sites is 1. The summed E-state index contributed by atoms with van der Waals surface area (Å²) in [5.74, 6) is 0. The molecule has 8 heteroatoms.